The van der Waals surface area contributed by atoms with Crippen LogP contribution in [0.4, 0.5) is 18.9 Å². The summed E-state index contributed by atoms with van der Waals surface area (Å²) in [5, 5.41) is 3.18. The molecule has 5 nitrogen and oxygen atoms in total. The highest BCUT2D eigenvalue weighted by molar-refractivity contribution is 5.95. The minimum Gasteiger partial charge on any atom is -0.475 e. The van der Waals surface area contributed by atoms with Gasteiger partial charge in [-0.15, -0.1) is 0 Å². The van der Waals surface area contributed by atoms with Crippen LogP contribution in [0.15, 0.2) is 47.8 Å². The number of ether oxygens (including phenoxy) is 2. The Hall–Kier alpha value is -3.03. The van der Waals surface area contributed by atoms with E-state index in [1.807, 2.05) is 13.8 Å². The predicted molar refractivity (Wildman–Crippen MR) is 106 cm³/mol. The molecule has 1 atom stereocenters. The van der Waals surface area contributed by atoms with Crippen molar-refractivity contribution in [2.45, 2.75) is 45.9 Å². The molecule has 0 radical (unpaired) electrons. The second kappa shape index (κ2) is 8.38. The highest BCUT2D eigenvalue weighted by Gasteiger charge is 2.37. The molecule has 0 aliphatic carbocycles. The van der Waals surface area contributed by atoms with Gasteiger partial charge < -0.3 is 14.8 Å². The first-order valence-corrected chi connectivity index (χ1v) is 9.61. The Morgan fingerprint density at radius 3 is 2.43 bits per heavy atom. The smallest absolute Gasteiger partial charge is 0.416 e. The maximum absolute atomic E-state index is 13.1. The predicted octanol–water partition coefficient (Wildman–Crippen LogP) is 5.28. The number of benzene rings is 1. The van der Waals surface area contributed by atoms with Crippen molar-refractivity contribution in [2.75, 3.05) is 11.9 Å². The van der Waals surface area contributed by atoms with Crippen LogP contribution in [0.25, 0.3) is 0 Å². The van der Waals surface area contributed by atoms with Crippen LogP contribution in [0, 0.1) is 0 Å². The lowest BCUT2D eigenvalue weighted by Gasteiger charge is -2.31. The fourth-order valence-electron chi connectivity index (χ4n) is 3.47. The number of pyridine rings is 1. The summed E-state index contributed by atoms with van der Waals surface area (Å²) in [6.45, 7) is 7.29. The van der Waals surface area contributed by atoms with Crippen molar-refractivity contribution < 1.29 is 27.4 Å². The first-order valence-electron chi connectivity index (χ1n) is 9.61. The SMILES string of the molecule is CCOC(=O)C1=C(C)Nc2ccnc(OC(C)C)c2C1c1ccc(C(F)(F)F)cc1. The van der Waals surface area contributed by atoms with Crippen molar-refractivity contribution in [3.63, 3.8) is 0 Å². The summed E-state index contributed by atoms with van der Waals surface area (Å²) in [5.41, 5.74) is 1.88. The average molecular weight is 420 g/mol. The van der Waals surface area contributed by atoms with Crippen molar-refractivity contribution in [3.8, 4) is 5.88 Å². The van der Waals surface area contributed by atoms with Gasteiger partial charge in [-0.25, -0.2) is 9.78 Å². The number of nitrogens with one attached hydrogen (secondary N) is 1. The summed E-state index contributed by atoms with van der Waals surface area (Å²) in [5.74, 6) is -0.920. The molecule has 1 unspecified atom stereocenters. The van der Waals surface area contributed by atoms with Crippen LogP contribution >= 0.6 is 0 Å². The molecule has 2 aromatic rings. The number of hydrogen-bond donors (Lipinski definition) is 1. The number of hydrogen-bond acceptors (Lipinski definition) is 5. The van der Waals surface area contributed by atoms with Crippen molar-refractivity contribution in [2.24, 2.45) is 0 Å². The van der Waals surface area contributed by atoms with E-state index in [0.717, 1.165) is 12.1 Å². The molecule has 3 rings (SSSR count). The first-order chi connectivity index (χ1) is 14.1. The second-order valence-corrected chi connectivity index (χ2v) is 7.18. The van der Waals surface area contributed by atoms with E-state index in [1.54, 1.807) is 26.1 Å². The molecule has 2 heterocycles. The number of anilines is 1. The third-order valence-corrected chi connectivity index (χ3v) is 4.67. The zero-order valence-electron chi connectivity index (χ0n) is 17.1. The molecule has 1 aliphatic heterocycles. The van der Waals surface area contributed by atoms with Crippen molar-refractivity contribution in [1.29, 1.82) is 0 Å². The lowest BCUT2D eigenvalue weighted by atomic mass is 9.81. The highest BCUT2D eigenvalue weighted by atomic mass is 19.4. The van der Waals surface area contributed by atoms with E-state index in [9.17, 15) is 18.0 Å². The third kappa shape index (κ3) is 4.27. The van der Waals surface area contributed by atoms with Crippen molar-refractivity contribution in [1.82, 2.24) is 4.98 Å². The number of allylic oxidation sites excluding steroid dienone is 1. The lowest BCUT2D eigenvalue weighted by Crippen LogP contribution is -2.26. The standard InChI is InChI=1S/C22H23F3N2O3/c1-5-29-21(28)17-13(4)27-16-10-11-26-20(30-12(2)3)19(16)18(17)14-6-8-15(9-7-14)22(23,24)25/h6-12,18,27H,5H2,1-4H3. The molecule has 0 bridgehead atoms. The Morgan fingerprint density at radius 2 is 1.87 bits per heavy atom. The Balaban J connectivity index is 2.21. The molecule has 1 aliphatic rings. The molecule has 0 spiro atoms. The van der Waals surface area contributed by atoms with Gasteiger partial charge in [-0.1, -0.05) is 12.1 Å². The van der Waals surface area contributed by atoms with Crippen LogP contribution in [0.1, 0.15) is 50.3 Å². The molecule has 8 heteroatoms. The van der Waals surface area contributed by atoms with Gasteiger partial charge in [0.15, 0.2) is 0 Å². The number of halogens is 3. The van der Waals surface area contributed by atoms with E-state index < -0.39 is 23.6 Å². The molecule has 1 aromatic heterocycles. The van der Waals surface area contributed by atoms with Crippen LogP contribution in [-0.2, 0) is 15.7 Å². The summed E-state index contributed by atoms with van der Waals surface area (Å²) in [6.07, 6.45) is -3.06. The molecular formula is C22H23F3N2O3. The molecule has 30 heavy (non-hydrogen) atoms. The largest absolute Gasteiger partial charge is 0.475 e. The first kappa shape index (κ1) is 21.7. The zero-order chi connectivity index (χ0) is 22.1. The normalized spacial score (nSPS) is 16.2. The Labute approximate surface area is 172 Å². The van der Waals surface area contributed by atoms with Gasteiger partial charge in [0.05, 0.1) is 29.8 Å². The van der Waals surface area contributed by atoms with Crippen LogP contribution in [-0.4, -0.2) is 23.7 Å². The van der Waals surface area contributed by atoms with E-state index in [4.69, 9.17) is 9.47 Å². The zero-order valence-corrected chi connectivity index (χ0v) is 17.1. The van der Waals surface area contributed by atoms with E-state index in [0.29, 0.717) is 34.0 Å². The average Bonchev–Trinajstić information content (AvgIpc) is 2.66. The van der Waals surface area contributed by atoms with E-state index in [2.05, 4.69) is 10.3 Å². The quantitative estimate of drug-likeness (QED) is 0.667. The van der Waals surface area contributed by atoms with E-state index in [-0.39, 0.29) is 12.7 Å². The number of rotatable bonds is 5. The van der Waals surface area contributed by atoms with E-state index >= 15 is 0 Å². The van der Waals surface area contributed by atoms with Crippen LogP contribution in [0.2, 0.25) is 0 Å². The fourth-order valence-corrected chi connectivity index (χ4v) is 3.47. The molecule has 0 saturated heterocycles. The molecule has 1 N–H and O–H groups in total. The van der Waals surface area contributed by atoms with E-state index in [1.165, 1.54) is 12.1 Å². The maximum atomic E-state index is 13.1. The summed E-state index contributed by atoms with van der Waals surface area (Å²) in [6, 6.07) is 6.51. The highest BCUT2D eigenvalue weighted by Crippen LogP contribution is 2.46. The monoisotopic (exact) mass is 420 g/mol. The van der Waals surface area contributed by atoms with Crippen LogP contribution < -0.4 is 10.1 Å². The van der Waals surface area contributed by atoms with Crippen molar-refractivity contribution >= 4 is 11.7 Å². The Bertz CT molecular complexity index is 967. The number of esters is 1. The van der Waals surface area contributed by atoms with Gasteiger partial charge in [-0.2, -0.15) is 13.2 Å². The molecule has 160 valence electrons. The Kier molecular flexibility index (Phi) is 6.05. The maximum Gasteiger partial charge on any atom is 0.416 e. The number of carbonyl (C=O) groups excluding carboxylic acids is 1. The minimum atomic E-state index is -4.45. The molecule has 0 amide bonds. The van der Waals surface area contributed by atoms with Gasteiger partial charge >= 0.3 is 12.1 Å². The molecule has 0 fully saturated rings. The summed E-state index contributed by atoms with van der Waals surface area (Å²) in [7, 11) is 0. The van der Waals surface area contributed by atoms with Gasteiger partial charge in [-0.3, -0.25) is 0 Å². The van der Waals surface area contributed by atoms with Gasteiger partial charge in [0.1, 0.15) is 0 Å². The summed E-state index contributed by atoms with van der Waals surface area (Å²) >= 11 is 0. The number of alkyl halides is 3. The topological polar surface area (TPSA) is 60.5 Å². The number of fused-ring (bicyclic) bond motifs is 1. The van der Waals surface area contributed by atoms with Crippen molar-refractivity contribution in [3.05, 3.63) is 64.5 Å². The Morgan fingerprint density at radius 1 is 1.20 bits per heavy atom. The molecule has 0 saturated carbocycles. The van der Waals surface area contributed by atoms with Gasteiger partial charge in [0.25, 0.3) is 0 Å². The van der Waals surface area contributed by atoms with Crippen LogP contribution in [0.5, 0.6) is 5.88 Å². The van der Waals surface area contributed by atoms with Crippen LogP contribution in [0.3, 0.4) is 0 Å². The van der Waals surface area contributed by atoms with Gasteiger partial charge in [0, 0.05) is 23.1 Å². The summed E-state index contributed by atoms with van der Waals surface area (Å²) in [4.78, 5) is 17.1. The molecular weight excluding hydrogens is 397 g/mol. The second-order valence-electron chi connectivity index (χ2n) is 7.18. The number of nitrogens with zero attached hydrogens (tertiary/aromatic N) is 1. The minimum absolute atomic E-state index is 0.171. The van der Waals surface area contributed by atoms with Gasteiger partial charge in [-0.05, 0) is 51.5 Å². The fraction of sp³-hybridized carbons (Fsp3) is 0.364. The third-order valence-electron chi connectivity index (χ3n) is 4.67. The van der Waals surface area contributed by atoms with Gasteiger partial charge in [0.2, 0.25) is 5.88 Å². The number of carbonyl (C=O) groups is 1. The summed E-state index contributed by atoms with van der Waals surface area (Å²) < 4.78 is 50.3. The number of aromatic nitrogens is 1. The molecule has 1 aromatic carbocycles. The lowest BCUT2D eigenvalue weighted by molar-refractivity contribution is -0.139.